The lowest BCUT2D eigenvalue weighted by atomic mass is 10.1. The number of rotatable bonds is 2. The van der Waals surface area contributed by atoms with Crippen molar-refractivity contribution in [3.05, 3.63) is 29.3 Å². The average Bonchev–Trinajstić information content (AvgIpc) is 2.48. The molecule has 1 aromatic carbocycles. The Balaban J connectivity index is 2.29. The molecule has 0 radical (unpaired) electrons. The van der Waals surface area contributed by atoms with Crippen LogP contribution < -0.4 is 4.90 Å². The molecule has 0 unspecified atom stereocenters. The zero-order chi connectivity index (χ0) is 9.26. The first kappa shape index (κ1) is 8.89. The second kappa shape index (κ2) is 3.59. The van der Waals surface area contributed by atoms with Crippen molar-refractivity contribution in [3.8, 4) is 0 Å². The van der Waals surface area contributed by atoms with E-state index in [0.717, 1.165) is 13.0 Å². The van der Waals surface area contributed by atoms with Crippen LogP contribution in [-0.2, 0) is 12.8 Å². The van der Waals surface area contributed by atoms with Gasteiger partial charge < -0.3 is 4.90 Å². The molecule has 1 nitrogen and oxygen atoms in total. The van der Waals surface area contributed by atoms with Crippen LogP contribution in [0.5, 0.6) is 0 Å². The van der Waals surface area contributed by atoms with Gasteiger partial charge in [0.2, 0.25) is 0 Å². The predicted molar refractivity (Wildman–Crippen MR) is 57.8 cm³/mol. The Morgan fingerprint density at radius 3 is 3.08 bits per heavy atom. The Labute approximate surface area is 84.3 Å². The second-order valence-corrected chi connectivity index (χ2v) is 3.95. The molecule has 0 N–H and O–H groups in total. The van der Waals surface area contributed by atoms with E-state index in [4.69, 9.17) is 11.6 Å². The van der Waals surface area contributed by atoms with Crippen molar-refractivity contribution in [2.24, 2.45) is 0 Å². The summed E-state index contributed by atoms with van der Waals surface area (Å²) in [5, 5.41) is 0. The maximum absolute atomic E-state index is 5.71. The number of nitrogens with zero attached hydrogens (tertiary/aromatic N) is 1. The molecule has 0 atom stereocenters. The highest BCUT2D eigenvalue weighted by atomic mass is 35.5. The van der Waals surface area contributed by atoms with E-state index in [0.29, 0.717) is 5.88 Å². The molecular formula is C11H14ClN. The molecule has 2 heteroatoms. The molecule has 1 aliphatic rings. The highest BCUT2D eigenvalue weighted by Gasteiger charge is 2.14. The molecule has 0 aromatic heterocycles. The summed E-state index contributed by atoms with van der Waals surface area (Å²) in [5.41, 5.74) is 4.23. The molecule has 0 saturated heterocycles. The van der Waals surface area contributed by atoms with Crippen LogP contribution in [0.1, 0.15) is 11.1 Å². The average molecular weight is 196 g/mol. The number of benzene rings is 1. The quantitative estimate of drug-likeness (QED) is 0.656. The van der Waals surface area contributed by atoms with Crippen LogP contribution in [0.2, 0.25) is 0 Å². The van der Waals surface area contributed by atoms with Gasteiger partial charge in [-0.2, -0.15) is 0 Å². The number of halogens is 1. The molecule has 0 aliphatic carbocycles. The molecule has 13 heavy (non-hydrogen) atoms. The fourth-order valence-corrected chi connectivity index (χ4v) is 2.10. The predicted octanol–water partition coefficient (Wildman–Crippen LogP) is 2.46. The van der Waals surface area contributed by atoms with E-state index >= 15 is 0 Å². The van der Waals surface area contributed by atoms with Crippen molar-refractivity contribution in [3.63, 3.8) is 0 Å². The second-order valence-electron chi connectivity index (χ2n) is 3.57. The first-order valence-corrected chi connectivity index (χ1v) is 5.23. The van der Waals surface area contributed by atoms with E-state index in [-0.39, 0.29) is 0 Å². The largest absolute Gasteiger partial charge is 0.374 e. The minimum atomic E-state index is 0.717. The maximum Gasteiger partial charge on any atom is 0.0397 e. The molecule has 0 bridgehead atoms. The Hall–Kier alpha value is -0.690. The number of alkyl halides is 1. The standard InChI is InChI=1S/C11H14ClN/c1-13-7-5-10-8-9(4-6-12)2-3-11(10)13/h2-3,8H,4-7H2,1H3. The Morgan fingerprint density at radius 1 is 1.46 bits per heavy atom. The first-order valence-electron chi connectivity index (χ1n) is 4.70. The van der Waals surface area contributed by atoms with E-state index < -0.39 is 0 Å². The SMILES string of the molecule is CN1CCc2cc(CCCl)ccc21. The zero-order valence-corrected chi connectivity index (χ0v) is 8.64. The van der Waals surface area contributed by atoms with Crippen molar-refractivity contribution < 1.29 is 0 Å². The Kier molecular flexibility index (Phi) is 2.45. The summed E-state index contributed by atoms with van der Waals surface area (Å²) in [6.07, 6.45) is 2.17. The lowest BCUT2D eigenvalue weighted by Gasteiger charge is -2.11. The third kappa shape index (κ3) is 1.66. The first-order chi connectivity index (χ1) is 6.31. The summed E-state index contributed by atoms with van der Waals surface area (Å²) in [4.78, 5) is 2.31. The summed E-state index contributed by atoms with van der Waals surface area (Å²) in [7, 11) is 2.15. The van der Waals surface area contributed by atoms with Gasteiger partial charge in [-0.3, -0.25) is 0 Å². The summed E-state index contributed by atoms with van der Waals surface area (Å²) < 4.78 is 0. The number of aryl methyl sites for hydroxylation is 1. The summed E-state index contributed by atoms with van der Waals surface area (Å²) in [6, 6.07) is 6.69. The summed E-state index contributed by atoms with van der Waals surface area (Å²) in [6.45, 7) is 1.15. The van der Waals surface area contributed by atoms with Crippen molar-refractivity contribution >= 4 is 17.3 Å². The van der Waals surface area contributed by atoms with Crippen molar-refractivity contribution in [2.75, 3.05) is 24.4 Å². The monoisotopic (exact) mass is 195 g/mol. The number of hydrogen-bond donors (Lipinski definition) is 0. The molecule has 2 rings (SSSR count). The topological polar surface area (TPSA) is 3.24 Å². The van der Waals surface area contributed by atoms with Crippen LogP contribution in [0.15, 0.2) is 18.2 Å². The minimum Gasteiger partial charge on any atom is -0.374 e. The lowest BCUT2D eigenvalue weighted by molar-refractivity contribution is 0.955. The van der Waals surface area contributed by atoms with Gasteiger partial charge in [0, 0.05) is 25.2 Å². The number of likely N-dealkylation sites (N-methyl/N-ethyl adjacent to an activating group) is 1. The van der Waals surface area contributed by atoms with Gasteiger partial charge in [0.15, 0.2) is 0 Å². The molecule has 1 aromatic rings. The van der Waals surface area contributed by atoms with Crippen LogP contribution >= 0.6 is 11.6 Å². The van der Waals surface area contributed by atoms with Crippen LogP contribution in [0.3, 0.4) is 0 Å². The van der Waals surface area contributed by atoms with Crippen LogP contribution in [0.4, 0.5) is 5.69 Å². The zero-order valence-electron chi connectivity index (χ0n) is 7.89. The van der Waals surface area contributed by atoms with Gasteiger partial charge >= 0.3 is 0 Å². The summed E-state index contributed by atoms with van der Waals surface area (Å²) in [5.74, 6) is 0.717. The van der Waals surface area contributed by atoms with Crippen LogP contribution in [-0.4, -0.2) is 19.5 Å². The van der Waals surface area contributed by atoms with E-state index in [1.54, 1.807) is 0 Å². The third-order valence-electron chi connectivity index (χ3n) is 2.65. The summed E-state index contributed by atoms with van der Waals surface area (Å²) >= 11 is 5.71. The molecule has 1 aliphatic heterocycles. The van der Waals surface area contributed by atoms with Gasteiger partial charge in [-0.25, -0.2) is 0 Å². The van der Waals surface area contributed by atoms with Crippen molar-refractivity contribution in [1.82, 2.24) is 0 Å². The Morgan fingerprint density at radius 2 is 2.31 bits per heavy atom. The van der Waals surface area contributed by atoms with Crippen LogP contribution in [0.25, 0.3) is 0 Å². The van der Waals surface area contributed by atoms with Gasteiger partial charge in [0.25, 0.3) is 0 Å². The minimum absolute atomic E-state index is 0.717. The molecule has 0 saturated carbocycles. The van der Waals surface area contributed by atoms with Crippen molar-refractivity contribution in [2.45, 2.75) is 12.8 Å². The van der Waals surface area contributed by atoms with Gasteiger partial charge in [0.1, 0.15) is 0 Å². The molecular weight excluding hydrogens is 182 g/mol. The van der Waals surface area contributed by atoms with Gasteiger partial charge in [0.05, 0.1) is 0 Å². The van der Waals surface area contributed by atoms with Gasteiger partial charge in [-0.05, 0) is 30.0 Å². The molecule has 1 heterocycles. The van der Waals surface area contributed by atoms with E-state index in [1.807, 2.05) is 0 Å². The molecule has 0 spiro atoms. The maximum atomic E-state index is 5.71. The van der Waals surface area contributed by atoms with E-state index in [2.05, 4.69) is 30.1 Å². The fourth-order valence-electron chi connectivity index (χ4n) is 1.88. The highest BCUT2D eigenvalue weighted by molar-refractivity contribution is 6.17. The number of anilines is 1. The lowest BCUT2D eigenvalue weighted by Crippen LogP contribution is -2.12. The van der Waals surface area contributed by atoms with E-state index in [1.165, 1.54) is 23.2 Å². The smallest absolute Gasteiger partial charge is 0.0397 e. The normalized spacial score (nSPS) is 14.8. The number of fused-ring (bicyclic) bond motifs is 1. The van der Waals surface area contributed by atoms with Crippen molar-refractivity contribution in [1.29, 1.82) is 0 Å². The fraction of sp³-hybridized carbons (Fsp3) is 0.455. The highest BCUT2D eigenvalue weighted by Crippen LogP contribution is 2.27. The molecule has 0 fully saturated rings. The Bertz CT molecular complexity index is 309. The number of hydrogen-bond acceptors (Lipinski definition) is 1. The molecule has 70 valence electrons. The third-order valence-corrected chi connectivity index (χ3v) is 2.84. The van der Waals surface area contributed by atoms with Gasteiger partial charge in [-0.15, -0.1) is 11.6 Å². The molecule has 0 amide bonds. The van der Waals surface area contributed by atoms with Gasteiger partial charge in [-0.1, -0.05) is 12.1 Å². The van der Waals surface area contributed by atoms with Crippen LogP contribution in [0, 0.1) is 0 Å². The van der Waals surface area contributed by atoms with E-state index in [9.17, 15) is 0 Å².